The average Bonchev–Trinajstić information content (AvgIpc) is 2.47. The predicted octanol–water partition coefficient (Wildman–Crippen LogP) is 1.87. The molecule has 2 N–H and O–H groups in total. The van der Waals surface area contributed by atoms with Gasteiger partial charge in [-0.3, -0.25) is 0 Å². The lowest BCUT2D eigenvalue weighted by atomic mass is 10.3. The number of hydrogen-bond acceptors (Lipinski definition) is 3. The van der Waals surface area contributed by atoms with Crippen LogP contribution in [0.2, 0.25) is 5.02 Å². The number of halogens is 1. The average molecular weight is 206 g/mol. The summed E-state index contributed by atoms with van der Waals surface area (Å²) in [5, 5.41) is 14.6. The summed E-state index contributed by atoms with van der Waals surface area (Å²) in [5.74, 6) is 0. The lowest BCUT2D eigenvalue weighted by Gasteiger charge is -2.08. The van der Waals surface area contributed by atoms with Gasteiger partial charge in [0.05, 0.1) is 11.6 Å². The molecule has 1 aromatic rings. The van der Waals surface area contributed by atoms with Crippen molar-refractivity contribution in [2.24, 2.45) is 0 Å². The Labute approximate surface area is 81.2 Å². The van der Waals surface area contributed by atoms with Crippen LogP contribution in [0.5, 0.6) is 0 Å². The molecule has 0 spiro atoms. The van der Waals surface area contributed by atoms with Gasteiger partial charge in [-0.25, -0.2) is 0 Å². The molecule has 0 saturated heterocycles. The molecule has 2 nitrogen and oxygen atoms in total. The van der Waals surface area contributed by atoms with Gasteiger partial charge in [-0.05, 0) is 13.0 Å². The Bertz CT molecular complexity index is 239. The maximum atomic E-state index is 8.73. The van der Waals surface area contributed by atoms with Crippen LogP contribution in [0.3, 0.4) is 0 Å². The van der Waals surface area contributed by atoms with E-state index in [1.54, 1.807) is 11.3 Å². The van der Waals surface area contributed by atoms with Crippen molar-refractivity contribution >= 4 is 22.9 Å². The van der Waals surface area contributed by atoms with Gasteiger partial charge < -0.3 is 10.4 Å². The Hall–Kier alpha value is -0.0900. The van der Waals surface area contributed by atoms with Crippen LogP contribution in [0.1, 0.15) is 11.8 Å². The highest BCUT2D eigenvalue weighted by Gasteiger charge is 2.00. The third-order valence-corrected chi connectivity index (χ3v) is 2.80. The Morgan fingerprint density at radius 3 is 3.00 bits per heavy atom. The van der Waals surface area contributed by atoms with E-state index in [1.807, 2.05) is 18.4 Å². The number of rotatable bonds is 4. The van der Waals surface area contributed by atoms with Crippen LogP contribution in [-0.2, 0) is 6.54 Å². The maximum Gasteiger partial charge on any atom is 0.0582 e. The first-order valence-electron chi connectivity index (χ1n) is 3.79. The molecule has 4 heteroatoms. The second kappa shape index (κ2) is 4.82. The van der Waals surface area contributed by atoms with Crippen LogP contribution >= 0.6 is 22.9 Å². The standard InChI is InChI=1S/C8H12ClNOS/c1-6(4-11)10-3-8-2-7(9)5-12-8/h2,5-6,10-11H,3-4H2,1H3/t6-/m1/s1. The van der Waals surface area contributed by atoms with Crippen LogP contribution in [0.15, 0.2) is 11.4 Å². The second-order valence-corrected chi connectivity index (χ2v) is 4.13. The van der Waals surface area contributed by atoms with E-state index < -0.39 is 0 Å². The Morgan fingerprint density at radius 2 is 2.50 bits per heavy atom. The van der Waals surface area contributed by atoms with Crippen LogP contribution in [-0.4, -0.2) is 17.8 Å². The first kappa shape index (κ1) is 9.99. The lowest BCUT2D eigenvalue weighted by molar-refractivity contribution is 0.251. The third-order valence-electron chi connectivity index (χ3n) is 1.52. The van der Waals surface area contributed by atoms with E-state index in [-0.39, 0.29) is 12.6 Å². The van der Waals surface area contributed by atoms with Gasteiger partial charge in [-0.1, -0.05) is 11.6 Å². The molecule has 0 radical (unpaired) electrons. The zero-order valence-corrected chi connectivity index (χ0v) is 8.45. The fourth-order valence-electron chi connectivity index (χ4n) is 0.786. The summed E-state index contributed by atoms with van der Waals surface area (Å²) >= 11 is 7.37. The minimum atomic E-state index is 0.144. The van der Waals surface area contributed by atoms with Crippen molar-refractivity contribution in [2.75, 3.05) is 6.61 Å². The van der Waals surface area contributed by atoms with Gasteiger partial charge in [0.25, 0.3) is 0 Å². The van der Waals surface area contributed by atoms with Crippen LogP contribution in [0.4, 0.5) is 0 Å². The first-order valence-corrected chi connectivity index (χ1v) is 5.05. The van der Waals surface area contributed by atoms with Crippen LogP contribution in [0.25, 0.3) is 0 Å². The number of aliphatic hydroxyl groups excluding tert-OH is 1. The molecule has 1 atom stereocenters. The van der Waals surface area contributed by atoms with Crippen molar-refractivity contribution in [3.8, 4) is 0 Å². The molecular formula is C8H12ClNOS. The fourth-order valence-corrected chi connectivity index (χ4v) is 1.81. The molecule has 1 aromatic heterocycles. The zero-order chi connectivity index (χ0) is 8.97. The van der Waals surface area contributed by atoms with Gasteiger partial charge in [-0.15, -0.1) is 11.3 Å². The van der Waals surface area contributed by atoms with Gasteiger partial charge in [-0.2, -0.15) is 0 Å². The van der Waals surface area contributed by atoms with Crippen molar-refractivity contribution in [1.82, 2.24) is 5.32 Å². The number of aliphatic hydroxyl groups is 1. The third kappa shape index (κ3) is 3.11. The monoisotopic (exact) mass is 205 g/mol. The summed E-state index contributed by atoms with van der Waals surface area (Å²) in [6.45, 7) is 2.88. The molecule has 0 saturated carbocycles. The zero-order valence-electron chi connectivity index (χ0n) is 6.88. The van der Waals surface area contributed by atoms with E-state index in [1.165, 1.54) is 4.88 Å². The minimum Gasteiger partial charge on any atom is -0.395 e. The molecule has 0 aromatic carbocycles. The SMILES string of the molecule is C[C@H](CO)NCc1cc(Cl)cs1. The number of hydrogen-bond donors (Lipinski definition) is 2. The van der Waals surface area contributed by atoms with E-state index in [4.69, 9.17) is 16.7 Å². The minimum absolute atomic E-state index is 0.144. The van der Waals surface area contributed by atoms with E-state index >= 15 is 0 Å². The molecule has 12 heavy (non-hydrogen) atoms. The summed E-state index contributed by atoms with van der Waals surface area (Å²) in [4.78, 5) is 1.19. The quantitative estimate of drug-likeness (QED) is 0.787. The van der Waals surface area contributed by atoms with Crippen molar-refractivity contribution in [3.63, 3.8) is 0 Å². The van der Waals surface area contributed by atoms with E-state index in [2.05, 4.69) is 5.32 Å². The van der Waals surface area contributed by atoms with Gasteiger partial charge in [0.2, 0.25) is 0 Å². The van der Waals surface area contributed by atoms with Crippen molar-refractivity contribution in [1.29, 1.82) is 0 Å². The van der Waals surface area contributed by atoms with Crippen molar-refractivity contribution < 1.29 is 5.11 Å². The van der Waals surface area contributed by atoms with Gasteiger partial charge in [0.15, 0.2) is 0 Å². The predicted molar refractivity (Wildman–Crippen MR) is 52.7 cm³/mol. The second-order valence-electron chi connectivity index (χ2n) is 2.70. The molecule has 0 amide bonds. The molecule has 0 aliphatic rings. The van der Waals surface area contributed by atoms with Gasteiger partial charge >= 0.3 is 0 Å². The Kier molecular flexibility index (Phi) is 4.01. The maximum absolute atomic E-state index is 8.73. The van der Waals surface area contributed by atoms with Crippen molar-refractivity contribution in [2.45, 2.75) is 19.5 Å². The number of thiophene rings is 1. The number of nitrogens with one attached hydrogen (secondary N) is 1. The first-order chi connectivity index (χ1) is 5.72. The summed E-state index contributed by atoms with van der Waals surface area (Å²) in [5.41, 5.74) is 0. The molecule has 1 heterocycles. The molecular weight excluding hydrogens is 194 g/mol. The van der Waals surface area contributed by atoms with E-state index in [9.17, 15) is 0 Å². The highest BCUT2D eigenvalue weighted by molar-refractivity contribution is 7.10. The normalized spacial score (nSPS) is 13.2. The fraction of sp³-hybridized carbons (Fsp3) is 0.500. The lowest BCUT2D eigenvalue weighted by Crippen LogP contribution is -2.28. The van der Waals surface area contributed by atoms with Gasteiger partial charge in [0, 0.05) is 22.8 Å². The summed E-state index contributed by atoms with van der Waals surface area (Å²) in [6.07, 6.45) is 0. The molecule has 1 rings (SSSR count). The molecule has 0 fully saturated rings. The summed E-state index contributed by atoms with van der Waals surface area (Å²) in [7, 11) is 0. The summed E-state index contributed by atoms with van der Waals surface area (Å²) < 4.78 is 0. The smallest absolute Gasteiger partial charge is 0.0582 e. The van der Waals surface area contributed by atoms with Crippen LogP contribution < -0.4 is 5.32 Å². The van der Waals surface area contributed by atoms with E-state index in [0.717, 1.165) is 11.6 Å². The largest absolute Gasteiger partial charge is 0.395 e. The van der Waals surface area contributed by atoms with Gasteiger partial charge in [0.1, 0.15) is 0 Å². The molecule has 68 valence electrons. The molecule has 0 bridgehead atoms. The van der Waals surface area contributed by atoms with E-state index in [0.29, 0.717) is 0 Å². The topological polar surface area (TPSA) is 32.3 Å². The molecule has 0 aliphatic carbocycles. The summed E-state index contributed by atoms with van der Waals surface area (Å²) in [6, 6.07) is 2.08. The Morgan fingerprint density at radius 1 is 1.75 bits per heavy atom. The highest BCUT2D eigenvalue weighted by Crippen LogP contribution is 2.18. The molecule has 0 unspecified atom stereocenters. The molecule has 0 aliphatic heterocycles. The highest BCUT2D eigenvalue weighted by atomic mass is 35.5. The van der Waals surface area contributed by atoms with Crippen molar-refractivity contribution in [3.05, 3.63) is 21.3 Å². The van der Waals surface area contributed by atoms with Crippen LogP contribution in [0, 0.1) is 0 Å². The Balaban J connectivity index is 2.33.